The summed E-state index contributed by atoms with van der Waals surface area (Å²) in [5, 5.41) is 5.99. The van der Waals surface area contributed by atoms with Gasteiger partial charge in [0.1, 0.15) is 5.75 Å². The summed E-state index contributed by atoms with van der Waals surface area (Å²) in [6, 6.07) is 19.8. The maximum absolute atomic E-state index is 12.6. The second-order valence-electron chi connectivity index (χ2n) is 6.20. The maximum Gasteiger partial charge on any atom is 0.284 e. The molecule has 7 heteroatoms. The average molecular weight is 387 g/mol. The quantitative estimate of drug-likeness (QED) is 0.512. The summed E-state index contributed by atoms with van der Waals surface area (Å²) in [6.45, 7) is 0. The van der Waals surface area contributed by atoms with E-state index in [0.717, 1.165) is 10.2 Å². The van der Waals surface area contributed by atoms with Gasteiger partial charge in [-0.05, 0) is 42.5 Å². The molecule has 5 rings (SSSR count). The number of anilines is 2. The van der Waals surface area contributed by atoms with Gasteiger partial charge in [-0.1, -0.05) is 24.3 Å². The molecule has 2 heterocycles. The molecule has 6 nitrogen and oxygen atoms in total. The predicted molar refractivity (Wildman–Crippen MR) is 108 cm³/mol. The van der Waals surface area contributed by atoms with Gasteiger partial charge in [-0.15, -0.1) is 11.3 Å². The van der Waals surface area contributed by atoms with E-state index < -0.39 is 0 Å². The van der Waals surface area contributed by atoms with Gasteiger partial charge in [0, 0.05) is 5.69 Å². The molecule has 2 amide bonds. The van der Waals surface area contributed by atoms with E-state index in [2.05, 4.69) is 15.6 Å². The van der Waals surface area contributed by atoms with Crippen LogP contribution in [0.3, 0.4) is 0 Å². The summed E-state index contributed by atoms with van der Waals surface area (Å²) in [7, 11) is 0. The Morgan fingerprint density at radius 2 is 1.82 bits per heavy atom. The molecular formula is C21H13N3O3S. The lowest BCUT2D eigenvalue weighted by molar-refractivity contribution is 0.101. The highest BCUT2D eigenvalue weighted by atomic mass is 32.1. The molecule has 0 aliphatic carbocycles. The first-order valence-corrected chi connectivity index (χ1v) is 9.38. The molecule has 28 heavy (non-hydrogen) atoms. The smallest absolute Gasteiger partial charge is 0.284 e. The second kappa shape index (κ2) is 6.47. The zero-order chi connectivity index (χ0) is 19.1. The van der Waals surface area contributed by atoms with Crippen LogP contribution in [0.15, 0.2) is 66.7 Å². The van der Waals surface area contributed by atoms with Crippen molar-refractivity contribution >= 4 is 44.7 Å². The number of hydrogen-bond donors (Lipinski definition) is 2. The molecule has 4 aromatic rings. The Labute approximate surface area is 163 Å². The van der Waals surface area contributed by atoms with E-state index in [-0.39, 0.29) is 11.8 Å². The van der Waals surface area contributed by atoms with Crippen molar-refractivity contribution in [3.63, 3.8) is 0 Å². The van der Waals surface area contributed by atoms with Crippen LogP contribution in [0.4, 0.5) is 11.4 Å². The van der Waals surface area contributed by atoms with Gasteiger partial charge in [0.25, 0.3) is 11.8 Å². The van der Waals surface area contributed by atoms with Crippen molar-refractivity contribution in [1.29, 1.82) is 0 Å². The van der Waals surface area contributed by atoms with Crippen molar-refractivity contribution < 1.29 is 14.3 Å². The molecule has 0 fully saturated rings. The zero-order valence-corrected chi connectivity index (χ0v) is 15.2. The highest BCUT2D eigenvalue weighted by Crippen LogP contribution is 2.36. The number of para-hydroxylation sites is 3. The van der Waals surface area contributed by atoms with E-state index in [4.69, 9.17) is 4.74 Å². The number of aromatic nitrogens is 1. The molecule has 0 saturated heterocycles. The molecule has 1 aliphatic rings. The molecule has 136 valence electrons. The largest absolute Gasteiger partial charge is 0.454 e. The van der Waals surface area contributed by atoms with E-state index in [0.29, 0.717) is 33.4 Å². The minimum atomic E-state index is -0.320. The first kappa shape index (κ1) is 16.5. The van der Waals surface area contributed by atoms with Crippen LogP contribution in [0.5, 0.6) is 11.5 Å². The van der Waals surface area contributed by atoms with Gasteiger partial charge in [0.15, 0.2) is 10.8 Å². The number of hydrogen-bond acceptors (Lipinski definition) is 5. The van der Waals surface area contributed by atoms with Crippen molar-refractivity contribution in [3.8, 4) is 11.5 Å². The maximum atomic E-state index is 12.6. The van der Waals surface area contributed by atoms with Crippen molar-refractivity contribution in [2.75, 3.05) is 10.6 Å². The summed E-state index contributed by atoms with van der Waals surface area (Å²) in [6.07, 6.45) is 0. The Morgan fingerprint density at radius 1 is 1.00 bits per heavy atom. The summed E-state index contributed by atoms with van der Waals surface area (Å²) >= 11 is 1.32. The van der Waals surface area contributed by atoms with Gasteiger partial charge >= 0.3 is 0 Å². The van der Waals surface area contributed by atoms with Gasteiger partial charge in [0.05, 0.1) is 21.5 Å². The minimum absolute atomic E-state index is 0.295. The number of benzene rings is 3. The molecule has 0 spiro atoms. The van der Waals surface area contributed by atoms with Gasteiger partial charge in [-0.25, -0.2) is 4.98 Å². The standard InChI is InChI=1S/C21H13N3O3S/c25-19-13-11-12(9-10-16(13)27-17-7-3-1-5-14(17)23-19)22-20(26)21-24-15-6-2-4-8-18(15)28-21/h1-11H,(H,22,26)(H,23,25). The number of carbonyl (C=O) groups is 2. The molecular weight excluding hydrogens is 374 g/mol. The Bertz CT molecular complexity index is 1220. The average Bonchev–Trinajstić information content (AvgIpc) is 3.09. The number of fused-ring (bicyclic) bond motifs is 3. The van der Waals surface area contributed by atoms with Crippen LogP contribution in [0, 0.1) is 0 Å². The van der Waals surface area contributed by atoms with E-state index in [9.17, 15) is 9.59 Å². The van der Waals surface area contributed by atoms with E-state index >= 15 is 0 Å². The molecule has 0 radical (unpaired) electrons. The van der Waals surface area contributed by atoms with Crippen LogP contribution in [0.25, 0.3) is 10.2 Å². The van der Waals surface area contributed by atoms with E-state index in [1.54, 1.807) is 30.3 Å². The van der Waals surface area contributed by atoms with Gasteiger partial charge < -0.3 is 15.4 Å². The number of carbonyl (C=O) groups excluding carboxylic acids is 2. The Hall–Kier alpha value is -3.71. The Morgan fingerprint density at radius 3 is 2.71 bits per heavy atom. The molecule has 1 aliphatic heterocycles. The number of rotatable bonds is 2. The highest BCUT2D eigenvalue weighted by molar-refractivity contribution is 7.20. The second-order valence-corrected chi connectivity index (χ2v) is 7.23. The van der Waals surface area contributed by atoms with Crippen LogP contribution < -0.4 is 15.4 Å². The fourth-order valence-electron chi connectivity index (χ4n) is 3.00. The van der Waals surface area contributed by atoms with E-state index in [1.165, 1.54) is 11.3 Å². The van der Waals surface area contributed by atoms with Crippen LogP contribution in [0.2, 0.25) is 0 Å². The van der Waals surface area contributed by atoms with E-state index in [1.807, 2.05) is 36.4 Å². The van der Waals surface area contributed by atoms with Gasteiger partial charge in [0.2, 0.25) is 0 Å². The molecule has 1 aromatic heterocycles. The molecule has 0 saturated carbocycles. The Kier molecular flexibility index (Phi) is 3.80. The molecule has 0 bridgehead atoms. The fraction of sp³-hybridized carbons (Fsp3) is 0. The highest BCUT2D eigenvalue weighted by Gasteiger charge is 2.21. The number of amides is 2. The predicted octanol–water partition coefficient (Wildman–Crippen LogP) is 4.91. The monoisotopic (exact) mass is 387 g/mol. The summed E-state index contributed by atoms with van der Waals surface area (Å²) in [5.41, 5.74) is 2.22. The van der Waals surface area contributed by atoms with Crippen LogP contribution in [-0.4, -0.2) is 16.8 Å². The first-order valence-electron chi connectivity index (χ1n) is 8.56. The van der Waals surface area contributed by atoms with Gasteiger partial charge in [-0.3, -0.25) is 9.59 Å². The minimum Gasteiger partial charge on any atom is -0.454 e. The summed E-state index contributed by atoms with van der Waals surface area (Å²) < 4.78 is 6.80. The van der Waals surface area contributed by atoms with Crippen molar-refractivity contribution in [1.82, 2.24) is 4.98 Å². The number of ether oxygens (including phenoxy) is 1. The SMILES string of the molecule is O=C(Nc1ccc2c(c1)C(=O)Nc1ccccc1O2)c1nc2ccccc2s1. The lowest BCUT2D eigenvalue weighted by Crippen LogP contribution is -2.14. The Balaban J connectivity index is 1.44. The molecule has 3 aromatic carbocycles. The van der Waals surface area contributed by atoms with Crippen LogP contribution >= 0.6 is 11.3 Å². The lowest BCUT2D eigenvalue weighted by Gasteiger charge is -2.09. The van der Waals surface area contributed by atoms with Crippen molar-refractivity contribution in [2.45, 2.75) is 0 Å². The van der Waals surface area contributed by atoms with Crippen LogP contribution in [0.1, 0.15) is 20.2 Å². The normalized spacial score (nSPS) is 12.4. The number of nitrogens with zero attached hydrogens (tertiary/aromatic N) is 1. The number of thiazole rings is 1. The lowest BCUT2D eigenvalue weighted by atomic mass is 10.1. The van der Waals surface area contributed by atoms with Crippen LogP contribution in [-0.2, 0) is 0 Å². The molecule has 0 atom stereocenters. The topological polar surface area (TPSA) is 80.3 Å². The summed E-state index contributed by atoms with van der Waals surface area (Å²) in [4.78, 5) is 29.5. The third kappa shape index (κ3) is 2.87. The molecule has 0 unspecified atom stereocenters. The third-order valence-corrected chi connectivity index (χ3v) is 5.36. The zero-order valence-electron chi connectivity index (χ0n) is 14.4. The molecule has 2 N–H and O–H groups in total. The van der Waals surface area contributed by atoms with Gasteiger partial charge in [-0.2, -0.15) is 0 Å². The first-order chi connectivity index (χ1) is 13.7. The number of nitrogens with one attached hydrogen (secondary N) is 2. The summed E-state index contributed by atoms with van der Waals surface area (Å²) in [5.74, 6) is 0.386. The van der Waals surface area contributed by atoms with Crippen molar-refractivity contribution in [2.24, 2.45) is 0 Å². The van der Waals surface area contributed by atoms with Crippen molar-refractivity contribution in [3.05, 3.63) is 77.3 Å². The fourth-order valence-corrected chi connectivity index (χ4v) is 3.86. The third-order valence-electron chi connectivity index (χ3n) is 4.33.